The molecule has 0 bridgehead atoms. The molecule has 0 saturated carbocycles. The Labute approximate surface area is 125 Å². The average molecular weight is 287 g/mol. The summed E-state index contributed by atoms with van der Waals surface area (Å²) >= 11 is 0. The third kappa shape index (κ3) is 4.04. The molecule has 1 saturated heterocycles. The lowest BCUT2D eigenvalue weighted by molar-refractivity contribution is 0.213. The van der Waals surface area contributed by atoms with Crippen LogP contribution in [0.1, 0.15) is 25.7 Å². The van der Waals surface area contributed by atoms with Crippen molar-refractivity contribution >= 4 is 0 Å². The van der Waals surface area contributed by atoms with Crippen molar-refractivity contribution < 1.29 is 9.15 Å². The van der Waals surface area contributed by atoms with Gasteiger partial charge >= 0.3 is 0 Å². The fourth-order valence-corrected chi connectivity index (χ4v) is 2.58. The maximum absolute atomic E-state index is 5.72. The summed E-state index contributed by atoms with van der Waals surface area (Å²) < 4.78 is 11.0. The van der Waals surface area contributed by atoms with Crippen LogP contribution in [0.25, 0.3) is 11.6 Å². The zero-order valence-corrected chi connectivity index (χ0v) is 12.2. The molecule has 1 aliphatic heterocycles. The molecule has 5 heteroatoms. The number of hydrogen-bond acceptors (Lipinski definition) is 5. The predicted molar refractivity (Wildman–Crippen MR) is 80.1 cm³/mol. The van der Waals surface area contributed by atoms with Crippen molar-refractivity contribution in [1.82, 2.24) is 14.9 Å². The van der Waals surface area contributed by atoms with E-state index in [1.807, 2.05) is 12.1 Å². The molecule has 0 radical (unpaired) electrons. The normalized spacial score (nSPS) is 16.6. The van der Waals surface area contributed by atoms with Crippen LogP contribution in [0.4, 0.5) is 0 Å². The van der Waals surface area contributed by atoms with Gasteiger partial charge in [0.25, 0.3) is 0 Å². The van der Waals surface area contributed by atoms with Gasteiger partial charge in [0.15, 0.2) is 17.3 Å². The van der Waals surface area contributed by atoms with Crippen LogP contribution in [-0.2, 0) is 0 Å². The molecule has 0 unspecified atom stereocenters. The van der Waals surface area contributed by atoms with Gasteiger partial charge in [-0.2, -0.15) is 0 Å². The molecule has 3 rings (SSSR count). The smallest absolute Gasteiger partial charge is 0.195 e. The highest BCUT2D eigenvalue weighted by atomic mass is 16.5. The molecule has 2 aromatic heterocycles. The summed E-state index contributed by atoms with van der Waals surface area (Å²) in [4.78, 5) is 11.0. The van der Waals surface area contributed by atoms with Crippen LogP contribution in [-0.4, -0.2) is 41.1 Å². The number of likely N-dealkylation sites (tertiary alicyclic amines) is 1. The van der Waals surface area contributed by atoms with Crippen LogP contribution in [0.5, 0.6) is 5.75 Å². The van der Waals surface area contributed by atoms with E-state index in [1.54, 1.807) is 18.7 Å². The molecule has 1 aliphatic rings. The first-order chi connectivity index (χ1) is 10.4. The van der Waals surface area contributed by atoms with Gasteiger partial charge in [0, 0.05) is 6.54 Å². The molecular formula is C16H21N3O2. The van der Waals surface area contributed by atoms with E-state index in [4.69, 9.17) is 9.15 Å². The molecule has 0 amide bonds. The van der Waals surface area contributed by atoms with E-state index in [-0.39, 0.29) is 0 Å². The first-order valence-corrected chi connectivity index (χ1v) is 7.63. The first-order valence-electron chi connectivity index (χ1n) is 7.63. The van der Waals surface area contributed by atoms with Gasteiger partial charge in [0.1, 0.15) is 6.61 Å². The van der Waals surface area contributed by atoms with Crippen LogP contribution in [0.3, 0.4) is 0 Å². The number of hydrogen-bond donors (Lipinski definition) is 0. The van der Waals surface area contributed by atoms with Crippen molar-refractivity contribution in [2.24, 2.45) is 0 Å². The van der Waals surface area contributed by atoms with Crippen molar-refractivity contribution in [3.63, 3.8) is 0 Å². The van der Waals surface area contributed by atoms with Crippen LogP contribution >= 0.6 is 0 Å². The Balaban J connectivity index is 1.47. The van der Waals surface area contributed by atoms with Crippen molar-refractivity contribution in [2.45, 2.75) is 25.7 Å². The maximum atomic E-state index is 5.72. The first kappa shape index (κ1) is 14.1. The zero-order valence-electron chi connectivity index (χ0n) is 12.2. The molecule has 0 N–H and O–H groups in total. The van der Waals surface area contributed by atoms with Crippen LogP contribution in [0.15, 0.2) is 35.2 Å². The Hall–Kier alpha value is -1.88. The Bertz CT molecular complexity index is 517. The molecule has 0 aliphatic carbocycles. The minimum absolute atomic E-state index is 0.583. The van der Waals surface area contributed by atoms with Gasteiger partial charge in [0.05, 0.1) is 18.7 Å². The van der Waals surface area contributed by atoms with E-state index in [2.05, 4.69) is 14.9 Å². The van der Waals surface area contributed by atoms with Gasteiger partial charge in [-0.25, -0.2) is 9.97 Å². The number of aromatic nitrogens is 2. The van der Waals surface area contributed by atoms with Gasteiger partial charge in [-0.05, 0) is 38.1 Å². The Kier molecular flexibility index (Phi) is 4.84. The molecule has 0 aromatic carbocycles. The van der Waals surface area contributed by atoms with E-state index in [9.17, 15) is 0 Å². The molecule has 3 heterocycles. The van der Waals surface area contributed by atoms with Gasteiger partial charge < -0.3 is 9.15 Å². The second kappa shape index (κ2) is 7.22. The number of ether oxygens (including phenoxy) is 1. The minimum atomic E-state index is 0.583. The predicted octanol–water partition coefficient (Wildman–Crippen LogP) is 2.99. The Morgan fingerprint density at radius 3 is 2.52 bits per heavy atom. The second-order valence-electron chi connectivity index (χ2n) is 5.32. The van der Waals surface area contributed by atoms with Crippen molar-refractivity contribution in [3.8, 4) is 17.3 Å². The summed E-state index contributed by atoms with van der Waals surface area (Å²) in [6.45, 7) is 4.04. The van der Waals surface area contributed by atoms with Gasteiger partial charge in [-0.1, -0.05) is 12.8 Å². The quantitative estimate of drug-likeness (QED) is 0.846. The molecule has 21 heavy (non-hydrogen) atoms. The molecular weight excluding hydrogens is 266 g/mol. The van der Waals surface area contributed by atoms with Gasteiger partial charge in [-0.3, -0.25) is 4.90 Å². The van der Waals surface area contributed by atoms with E-state index >= 15 is 0 Å². The summed E-state index contributed by atoms with van der Waals surface area (Å²) in [7, 11) is 0. The summed E-state index contributed by atoms with van der Waals surface area (Å²) in [6, 6.07) is 3.67. The SMILES string of the molecule is c1coc(-c2ncc(OCCN3CCCCCC3)cn2)c1. The number of nitrogens with zero attached hydrogens (tertiary/aromatic N) is 3. The molecule has 1 fully saturated rings. The van der Waals surface area contributed by atoms with Crippen molar-refractivity contribution in [3.05, 3.63) is 30.8 Å². The van der Waals surface area contributed by atoms with E-state index in [0.717, 1.165) is 6.54 Å². The Morgan fingerprint density at radius 1 is 1.10 bits per heavy atom. The lowest BCUT2D eigenvalue weighted by Crippen LogP contribution is -2.29. The summed E-state index contributed by atoms with van der Waals surface area (Å²) in [5.74, 6) is 1.96. The molecule has 112 valence electrons. The highest BCUT2D eigenvalue weighted by molar-refractivity contribution is 5.45. The topological polar surface area (TPSA) is 51.4 Å². The molecule has 5 nitrogen and oxygen atoms in total. The zero-order chi connectivity index (χ0) is 14.3. The van der Waals surface area contributed by atoms with Gasteiger partial charge in [-0.15, -0.1) is 0 Å². The summed E-state index contributed by atoms with van der Waals surface area (Å²) in [5.41, 5.74) is 0. The summed E-state index contributed by atoms with van der Waals surface area (Å²) in [6.07, 6.45) is 10.4. The molecule has 0 atom stereocenters. The average Bonchev–Trinajstić information content (AvgIpc) is 2.93. The monoisotopic (exact) mass is 287 g/mol. The lowest BCUT2D eigenvalue weighted by atomic mass is 10.2. The number of furan rings is 1. The maximum Gasteiger partial charge on any atom is 0.195 e. The van der Waals surface area contributed by atoms with Crippen molar-refractivity contribution in [2.75, 3.05) is 26.2 Å². The van der Waals surface area contributed by atoms with Crippen molar-refractivity contribution in [1.29, 1.82) is 0 Å². The van der Waals surface area contributed by atoms with E-state index < -0.39 is 0 Å². The highest BCUT2D eigenvalue weighted by Crippen LogP contribution is 2.16. The fraction of sp³-hybridized carbons (Fsp3) is 0.500. The highest BCUT2D eigenvalue weighted by Gasteiger charge is 2.09. The van der Waals surface area contributed by atoms with Crippen LogP contribution < -0.4 is 4.74 Å². The molecule has 0 spiro atoms. The molecule has 2 aromatic rings. The van der Waals surface area contributed by atoms with Crippen LogP contribution in [0.2, 0.25) is 0 Å². The van der Waals surface area contributed by atoms with Crippen LogP contribution in [0, 0.1) is 0 Å². The standard InChI is InChI=1S/C16H21N3O2/c1-2-4-8-19(7-3-1)9-11-20-14-12-17-16(18-13-14)15-6-5-10-21-15/h5-6,10,12-13H,1-4,7-9,11H2. The minimum Gasteiger partial charge on any atom is -0.489 e. The summed E-state index contributed by atoms with van der Waals surface area (Å²) in [5, 5.41) is 0. The lowest BCUT2D eigenvalue weighted by Gasteiger charge is -2.19. The largest absolute Gasteiger partial charge is 0.489 e. The fourth-order valence-electron chi connectivity index (χ4n) is 2.58. The third-order valence-electron chi connectivity index (χ3n) is 3.74. The van der Waals surface area contributed by atoms with Gasteiger partial charge in [0.2, 0.25) is 0 Å². The Morgan fingerprint density at radius 2 is 1.86 bits per heavy atom. The van der Waals surface area contributed by atoms with E-state index in [1.165, 1.54) is 38.8 Å². The second-order valence-corrected chi connectivity index (χ2v) is 5.32. The third-order valence-corrected chi connectivity index (χ3v) is 3.74. The number of rotatable bonds is 5. The van der Waals surface area contributed by atoms with E-state index in [0.29, 0.717) is 23.9 Å².